The van der Waals surface area contributed by atoms with Crippen molar-refractivity contribution >= 4 is 39.9 Å². The van der Waals surface area contributed by atoms with Crippen LogP contribution in [0.1, 0.15) is 15.9 Å². The SMILES string of the molecule is COC(=O)c1c(N)nsc1NCCc1ccc(Cl)cc1. The Morgan fingerprint density at radius 3 is 2.80 bits per heavy atom. The highest BCUT2D eigenvalue weighted by Gasteiger charge is 2.19. The number of methoxy groups -OCH3 is 1. The van der Waals surface area contributed by atoms with E-state index in [-0.39, 0.29) is 5.82 Å². The number of hydrogen-bond donors (Lipinski definition) is 2. The molecule has 0 radical (unpaired) electrons. The maximum atomic E-state index is 11.6. The summed E-state index contributed by atoms with van der Waals surface area (Å²) in [6.07, 6.45) is 0.801. The molecule has 1 heterocycles. The molecule has 0 aliphatic rings. The van der Waals surface area contributed by atoms with Crippen LogP contribution in [0.4, 0.5) is 10.8 Å². The largest absolute Gasteiger partial charge is 0.465 e. The summed E-state index contributed by atoms with van der Waals surface area (Å²) in [5.74, 6) is -0.291. The average molecular weight is 312 g/mol. The molecule has 1 aromatic heterocycles. The highest BCUT2D eigenvalue weighted by Crippen LogP contribution is 2.27. The number of hydrogen-bond acceptors (Lipinski definition) is 6. The molecule has 7 heteroatoms. The van der Waals surface area contributed by atoms with Crippen molar-refractivity contribution in [2.24, 2.45) is 0 Å². The van der Waals surface area contributed by atoms with E-state index >= 15 is 0 Å². The number of nitrogen functional groups attached to an aromatic ring is 1. The summed E-state index contributed by atoms with van der Waals surface area (Å²) in [4.78, 5) is 11.6. The Labute approximate surface area is 125 Å². The zero-order valence-corrected chi connectivity index (χ0v) is 12.4. The van der Waals surface area contributed by atoms with Crippen molar-refractivity contribution in [3.8, 4) is 0 Å². The minimum atomic E-state index is -0.481. The maximum Gasteiger partial charge on any atom is 0.344 e. The second-order valence-electron chi connectivity index (χ2n) is 4.07. The molecule has 0 spiro atoms. The van der Waals surface area contributed by atoms with Gasteiger partial charge in [0.2, 0.25) is 0 Å². The molecule has 0 bridgehead atoms. The van der Waals surface area contributed by atoms with Gasteiger partial charge in [-0.05, 0) is 35.6 Å². The quantitative estimate of drug-likeness (QED) is 0.830. The first kappa shape index (κ1) is 14.6. The second-order valence-corrected chi connectivity index (χ2v) is 5.28. The number of rotatable bonds is 5. The lowest BCUT2D eigenvalue weighted by molar-refractivity contribution is 0.0603. The van der Waals surface area contributed by atoms with Crippen molar-refractivity contribution in [3.63, 3.8) is 0 Å². The lowest BCUT2D eigenvalue weighted by Gasteiger charge is -2.06. The minimum Gasteiger partial charge on any atom is -0.465 e. The summed E-state index contributed by atoms with van der Waals surface area (Å²) in [6.45, 7) is 0.660. The molecule has 0 fully saturated rings. The topological polar surface area (TPSA) is 77.2 Å². The first-order chi connectivity index (χ1) is 9.61. The van der Waals surface area contributed by atoms with Crippen molar-refractivity contribution in [2.45, 2.75) is 6.42 Å². The van der Waals surface area contributed by atoms with E-state index in [1.807, 2.05) is 24.3 Å². The summed E-state index contributed by atoms with van der Waals surface area (Å²) in [5.41, 5.74) is 7.11. The third kappa shape index (κ3) is 3.40. The van der Waals surface area contributed by atoms with E-state index in [0.29, 0.717) is 22.1 Å². The van der Waals surface area contributed by atoms with E-state index in [2.05, 4.69) is 14.4 Å². The third-order valence-electron chi connectivity index (χ3n) is 2.72. The molecule has 3 N–H and O–H groups in total. The Balaban J connectivity index is 1.97. The molecule has 106 valence electrons. The first-order valence-corrected chi connectivity index (χ1v) is 7.08. The summed E-state index contributed by atoms with van der Waals surface area (Å²) in [5, 5.41) is 4.50. The predicted molar refractivity (Wildman–Crippen MR) is 81.5 cm³/mol. The van der Waals surface area contributed by atoms with Crippen molar-refractivity contribution in [3.05, 3.63) is 40.4 Å². The van der Waals surface area contributed by atoms with Gasteiger partial charge in [0.15, 0.2) is 5.82 Å². The van der Waals surface area contributed by atoms with Gasteiger partial charge in [0.1, 0.15) is 10.6 Å². The van der Waals surface area contributed by atoms with Crippen LogP contribution in [0.3, 0.4) is 0 Å². The third-order valence-corrected chi connectivity index (χ3v) is 3.79. The Morgan fingerprint density at radius 1 is 1.45 bits per heavy atom. The van der Waals surface area contributed by atoms with Crippen LogP contribution in [-0.4, -0.2) is 24.0 Å². The van der Waals surface area contributed by atoms with E-state index in [4.69, 9.17) is 17.3 Å². The zero-order valence-electron chi connectivity index (χ0n) is 10.9. The van der Waals surface area contributed by atoms with Crippen molar-refractivity contribution in [1.29, 1.82) is 0 Å². The summed E-state index contributed by atoms with van der Waals surface area (Å²) in [7, 11) is 1.32. The van der Waals surface area contributed by atoms with Gasteiger partial charge in [0.25, 0.3) is 0 Å². The molecule has 0 saturated heterocycles. The summed E-state index contributed by atoms with van der Waals surface area (Å²) >= 11 is 6.98. The lowest BCUT2D eigenvalue weighted by Crippen LogP contribution is -2.10. The normalized spacial score (nSPS) is 10.3. The van der Waals surface area contributed by atoms with Crippen molar-refractivity contribution in [1.82, 2.24) is 4.37 Å². The molecule has 2 aromatic rings. The van der Waals surface area contributed by atoms with Crippen LogP contribution in [0, 0.1) is 0 Å². The minimum absolute atomic E-state index is 0.191. The van der Waals surface area contributed by atoms with Gasteiger partial charge in [-0.15, -0.1) is 0 Å². The Morgan fingerprint density at radius 2 is 2.15 bits per heavy atom. The molecule has 0 aliphatic carbocycles. The van der Waals surface area contributed by atoms with Gasteiger partial charge >= 0.3 is 5.97 Å². The van der Waals surface area contributed by atoms with Gasteiger partial charge in [0.05, 0.1) is 7.11 Å². The fourth-order valence-corrected chi connectivity index (χ4v) is 2.55. The molecule has 2 rings (SSSR count). The van der Waals surface area contributed by atoms with Crippen LogP contribution < -0.4 is 11.1 Å². The van der Waals surface area contributed by atoms with Gasteiger partial charge in [-0.25, -0.2) is 4.79 Å². The fraction of sp³-hybridized carbons (Fsp3) is 0.231. The predicted octanol–water partition coefficient (Wildman–Crippen LogP) is 2.82. The Bertz CT molecular complexity index is 598. The van der Waals surface area contributed by atoms with E-state index in [0.717, 1.165) is 23.5 Å². The highest BCUT2D eigenvalue weighted by atomic mass is 35.5. The molecule has 0 amide bonds. The van der Waals surface area contributed by atoms with Gasteiger partial charge in [0, 0.05) is 11.6 Å². The number of aromatic nitrogens is 1. The van der Waals surface area contributed by atoms with Crippen LogP contribution in [0.25, 0.3) is 0 Å². The van der Waals surface area contributed by atoms with Gasteiger partial charge in [-0.3, -0.25) is 0 Å². The molecular weight excluding hydrogens is 298 g/mol. The number of carbonyl (C=O) groups is 1. The number of benzene rings is 1. The molecule has 0 unspecified atom stereocenters. The summed E-state index contributed by atoms with van der Waals surface area (Å²) < 4.78 is 8.65. The van der Waals surface area contributed by atoms with Crippen LogP contribution in [0.5, 0.6) is 0 Å². The van der Waals surface area contributed by atoms with E-state index in [1.165, 1.54) is 7.11 Å². The molecule has 1 aromatic carbocycles. The molecule has 20 heavy (non-hydrogen) atoms. The fourth-order valence-electron chi connectivity index (χ4n) is 1.69. The number of esters is 1. The van der Waals surface area contributed by atoms with Gasteiger partial charge in [-0.2, -0.15) is 4.37 Å². The Hall–Kier alpha value is -1.79. The molecular formula is C13H14ClN3O2S. The molecule has 0 atom stereocenters. The number of nitrogens with two attached hydrogens (primary N) is 1. The summed E-state index contributed by atoms with van der Waals surface area (Å²) in [6, 6.07) is 7.63. The maximum absolute atomic E-state index is 11.6. The number of carbonyl (C=O) groups excluding carboxylic acids is 1. The number of nitrogens with zero attached hydrogens (tertiary/aromatic N) is 1. The monoisotopic (exact) mass is 311 g/mol. The highest BCUT2D eigenvalue weighted by molar-refractivity contribution is 7.11. The van der Waals surface area contributed by atoms with Crippen molar-refractivity contribution < 1.29 is 9.53 Å². The number of ether oxygens (including phenoxy) is 1. The first-order valence-electron chi connectivity index (χ1n) is 5.93. The van der Waals surface area contributed by atoms with Crippen LogP contribution in [-0.2, 0) is 11.2 Å². The van der Waals surface area contributed by atoms with E-state index < -0.39 is 5.97 Å². The number of anilines is 2. The van der Waals surface area contributed by atoms with Crippen LogP contribution >= 0.6 is 23.1 Å². The van der Waals surface area contributed by atoms with E-state index in [9.17, 15) is 4.79 Å². The van der Waals surface area contributed by atoms with Gasteiger partial charge < -0.3 is 15.8 Å². The molecule has 5 nitrogen and oxygen atoms in total. The van der Waals surface area contributed by atoms with Crippen LogP contribution in [0.15, 0.2) is 24.3 Å². The molecule has 0 saturated carbocycles. The lowest BCUT2D eigenvalue weighted by atomic mass is 10.1. The van der Waals surface area contributed by atoms with Crippen LogP contribution in [0.2, 0.25) is 5.02 Å². The standard InChI is InChI=1S/C13H14ClN3O2S/c1-19-13(18)10-11(15)17-20-12(10)16-7-6-8-2-4-9(14)5-3-8/h2-5,16H,6-7H2,1H3,(H2,15,17). The smallest absolute Gasteiger partial charge is 0.344 e. The molecule has 0 aliphatic heterocycles. The van der Waals surface area contributed by atoms with E-state index in [1.54, 1.807) is 0 Å². The number of halogens is 1. The van der Waals surface area contributed by atoms with Crippen molar-refractivity contribution in [2.75, 3.05) is 24.7 Å². The van der Waals surface area contributed by atoms with Gasteiger partial charge in [-0.1, -0.05) is 23.7 Å². The second kappa shape index (κ2) is 6.58. The average Bonchev–Trinajstić information content (AvgIpc) is 2.81. The number of nitrogens with one attached hydrogen (secondary N) is 1. The Kier molecular flexibility index (Phi) is 4.81. The zero-order chi connectivity index (χ0) is 14.5.